The number of fused-ring (bicyclic) bond motifs is 1. The normalized spacial score (nSPS) is 29.0. The summed E-state index contributed by atoms with van der Waals surface area (Å²) >= 11 is 5.84. The van der Waals surface area contributed by atoms with Gasteiger partial charge in [0.1, 0.15) is 0 Å². The van der Waals surface area contributed by atoms with Gasteiger partial charge in [-0.2, -0.15) is 0 Å². The Morgan fingerprint density at radius 1 is 1.21 bits per heavy atom. The zero-order valence-electron chi connectivity index (χ0n) is 10.8. The average molecular weight is 276 g/mol. The minimum Gasteiger partial charge on any atom is -0.326 e. The quantitative estimate of drug-likeness (QED) is 0.803. The lowest BCUT2D eigenvalue weighted by Crippen LogP contribution is -2.15. The Labute approximate surface area is 118 Å². The van der Waals surface area contributed by atoms with Crippen molar-refractivity contribution < 1.29 is 4.79 Å². The molecule has 2 aliphatic carbocycles. The number of anilines is 1. The van der Waals surface area contributed by atoms with Gasteiger partial charge in [-0.05, 0) is 55.4 Å². The first-order valence-corrected chi connectivity index (χ1v) is 7.36. The number of nitrogens with one attached hydrogen (secondary N) is 1. The highest BCUT2D eigenvalue weighted by Gasteiger charge is 2.52. The van der Waals surface area contributed by atoms with Crippen molar-refractivity contribution >= 4 is 23.2 Å². The van der Waals surface area contributed by atoms with Gasteiger partial charge in [0.2, 0.25) is 5.91 Å². The molecule has 1 amide bonds. The lowest BCUT2D eigenvalue weighted by atomic mass is 10.1. The van der Waals surface area contributed by atoms with Crippen molar-refractivity contribution in [3.05, 3.63) is 41.4 Å². The fourth-order valence-electron chi connectivity index (χ4n) is 3.06. The van der Waals surface area contributed by atoms with Gasteiger partial charge in [0.05, 0.1) is 0 Å². The molecule has 0 bridgehead atoms. The molecule has 0 heterocycles. The summed E-state index contributed by atoms with van der Waals surface area (Å²) in [7, 11) is 0. The van der Waals surface area contributed by atoms with Crippen molar-refractivity contribution in [2.24, 2.45) is 17.8 Å². The summed E-state index contributed by atoms with van der Waals surface area (Å²) in [4.78, 5) is 12.3. The Kier molecular flexibility index (Phi) is 3.61. The summed E-state index contributed by atoms with van der Waals surface area (Å²) < 4.78 is 0. The number of hydrogen-bond acceptors (Lipinski definition) is 1. The van der Waals surface area contributed by atoms with Gasteiger partial charge >= 0.3 is 0 Å². The Morgan fingerprint density at radius 3 is 2.79 bits per heavy atom. The van der Waals surface area contributed by atoms with Gasteiger partial charge in [-0.3, -0.25) is 4.79 Å². The van der Waals surface area contributed by atoms with Crippen molar-refractivity contribution in [2.75, 3.05) is 5.32 Å². The summed E-state index contributed by atoms with van der Waals surface area (Å²) in [6.45, 7) is 0. The Bertz CT molecular complexity index is 494. The molecule has 1 N–H and O–H groups in total. The molecular weight excluding hydrogens is 258 g/mol. The highest BCUT2D eigenvalue weighted by molar-refractivity contribution is 6.30. The first-order chi connectivity index (χ1) is 9.25. The lowest BCUT2D eigenvalue weighted by Gasteiger charge is -2.04. The minimum atomic E-state index is 0.156. The molecule has 0 saturated heterocycles. The van der Waals surface area contributed by atoms with Crippen LogP contribution in [0.3, 0.4) is 0 Å². The summed E-state index contributed by atoms with van der Waals surface area (Å²) in [5, 5.41) is 3.69. The van der Waals surface area contributed by atoms with Crippen molar-refractivity contribution in [1.29, 1.82) is 0 Å². The van der Waals surface area contributed by atoms with Crippen molar-refractivity contribution in [2.45, 2.75) is 25.7 Å². The molecular formula is C16H18ClNO. The van der Waals surface area contributed by atoms with Crippen LogP contribution in [0.15, 0.2) is 36.4 Å². The van der Waals surface area contributed by atoms with E-state index in [9.17, 15) is 4.79 Å². The van der Waals surface area contributed by atoms with Gasteiger partial charge in [0.15, 0.2) is 0 Å². The molecule has 1 fully saturated rings. The number of benzene rings is 1. The Hall–Kier alpha value is -1.28. The van der Waals surface area contributed by atoms with E-state index < -0.39 is 0 Å². The largest absolute Gasteiger partial charge is 0.326 e. The smallest absolute Gasteiger partial charge is 0.228 e. The number of hydrogen-bond donors (Lipinski definition) is 1. The summed E-state index contributed by atoms with van der Waals surface area (Å²) in [6, 6.07) is 7.29. The predicted molar refractivity (Wildman–Crippen MR) is 78.2 cm³/mol. The SMILES string of the molecule is O=C(Nc1ccc(Cl)cc1)C1C2C=CCCCCC21. The Balaban J connectivity index is 1.64. The molecule has 3 atom stereocenters. The Morgan fingerprint density at radius 2 is 2.00 bits per heavy atom. The van der Waals surface area contributed by atoms with E-state index in [0.29, 0.717) is 16.9 Å². The number of carbonyl (C=O) groups is 1. The molecule has 2 aliphatic rings. The zero-order valence-corrected chi connectivity index (χ0v) is 11.6. The second-order valence-electron chi connectivity index (χ2n) is 5.48. The van der Waals surface area contributed by atoms with Crippen molar-refractivity contribution in [3.63, 3.8) is 0 Å². The molecule has 0 radical (unpaired) electrons. The maximum absolute atomic E-state index is 12.3. The molecule has 0 spiro atoms. The standard InChI is InChI=1S/C16H18ClNO/c17-11-7-9-12(10-8-11)18-16(19)15-13-5-3-1-2-4-6-14(13)15/h3,5,7-10,13-15H,1-2,4,6H2,(H,18,19). The fourth-order valence-corrected chi connectivity index (χ4v) is 3.18. The number of halogens is 1. The molecule has 100 valence electrons. The molecule has 1 saturated carbocycles. The van der Waals surface area contributed by atoms with Crippen LogP contribution in [0.1, 0.15) is 25.7 Å². The third-order valence-electron chi connectivity index (χ3n) is 4.16. The third kappa shape index (κ3) is 2.84. The van der Waals surface area contributed by atoms with E-state index in [1.54, 1.807) is 12.1 Å². The van der Waals surface area contributed by atoms with Crippen LogP contribution in [0.25, 0.3) is 0 Å². The molecule has 3 heteroatoms. The molecule has 1 aromatic carbocycles. The van der Waals surface area contributed by atoms with Crippen LogP contribution in [-0.2, 0) is 4.79 Å². The van der Waals surface area contributed by atoms with Gasteiger partial charge in [0, 0.05) is 16.6 Å². The molecule has 1 aromatic rings. The fraction of sp³-hybridized carbons (Fsp3) is 0.438. The minimum absolute atomic E-state index is 0.156. The monoisotopic (exact) mass is 275 g/mol. The molecule has 0 aromatic heterocycles. The maximum atomic E-state index is 12.3. The van der Waals surface area contributed by atoms with E-state index in [4.69, 9.17) is 11.6 Å². The second kappa shape index (κ2) is 5.38. The number of carbonyl (C=O) groups excluding carboxylic acids is 1. The summed E-state index contributed by atoms with van der Waals surface area (Å²) in [6.07, 6.45) is 9.34. The van der Waals surface area contributed by atoms with Crippen LogP contribution < -0.4 is 5.32 Å². The van der Waals surface area contributed by atoms with E-state index >= 15 is 0 Å². The first-order valence-electron chi connectivity index (χ1n) is 6.99. The number of rotatable bonds is 2. The summed E-state index contributed by atoms with van der Waals surface area (Å²) in [5.74, 6) is 1.35. The number of allylic oxidation sites excluding steroid dienone is 2. The van der Waals surface area contributed by atoms with Gasteiger partial charge in [-0.15, -0.1) is 0 Å². The van der Waals surface area contributed by atoms with Gasteiger partial charge in [-0.25, -0.2) is 0 Å². The van der Waals surface area contributed by atoms with E-state index in [1.165, 1.54) is 19.3 Å². The molecule has 3 rings (SSSR count). The lowest BCUT2D eigenvalue weighted by molar-refractivity contribution is -0.117. The second-order valence-corrected chi connectivity index (χ2v) is 5.91. The van der Waals surface area contributed by atoms with Crippen molar-refractivity contribution in [1.82, 2.24) is 0 Å². The molecule has 3 unspecified atom stereocenters. The topological polar surface area (TPSA) is 29.1 Å². The van der Waals surface area contributed by atoms with Crippen molar-refractivity contribution in [3.8, 4) is 0 Å². The van der Waals surface area contributed by atoms with Crippen LogP contribution >= 0.6 is 11.6 Å². The van der Waals surface area contributed by atoms with E-state index in [2.05, 4.69) is 17.5 Å². The van der Waals surface area contributed by atoms with E-state index in [0.717, 1.165) is 12.1 Å². The number of amides is 1. The van der Waals surface area contributed by atoms with Gasteiger partial charge in [-0.1, -0.05) is 30.2 Å². The van der Waals surface area contributed by atoms with E-state index in [-0.39, 0.29) is 11.8 Å². The summed E-state index contributed by atoms with van der Waals surface area (Å²) in [5.41, 5.74) is 0.831. The molecule has 19 heavy (non-hydrogen) atoms. The zero-order chi connectivity index (χ0) is 13.2. The van der Waals surface area contributed by atoms with Gasteiger partial charge in [0.25, 0.3) is 0 Å². The highest BCUT2D eigenvalue weighted by Crippen LogP contribution is 2.51. The van der Waals surface area contributed by atoms with Gasteiger partial charge < -0.3 is 5.32 Å². The molecule has 0 aliphatic heterocycles. The van der Waals surface area contributed by atoms with Crippen LogP contribution in [0.2, 0.25) is 5.02 Å². The third-order valence-corrected chi connectivity index (χ3v) is 4.41. The van der Waals surface area contributed by atoms with E-state index in [1.807, 2.05) is 12.1 Å². The van der Waals surface area contributed by atoms with Crippen LogP contribution in [-0.4, -0.2) is 5.91 Å². The maximum Gasteiger partial charge on any atom is 0.228 e. The highest BCUT2D eigenvalue weighted by atomic mass is 35.5. The van der Waals surface area contributed by atoms with Crippen LogP contribution in [0.5, 0.6) is 0 Å². The average Bonchev–Trinajstić information content (AvgIpc) is 3.03. The molecule has 2 nitrogen and oxygen atoms in total. The van der Waals surface area contributed by atoms with Crippen LogP contribution in [0.4, 0.5) is 5.69 Å². The first kappa shape index (κ1) is 12.7. The van der Waals surface area contributed by atoms with Crippen LogP contribution in [0, 0.1) is 17.8 Å². The predicted octanol–water partition coefficient (Wildman–Crippen LogP) is 4.27.